The SMILES string of the molecule is Cc1ccc(S(=O)(=O)Nc2cnn(COCC(F)(F)F)c2)cc1. The molecule has 6 nitrogen and oxygen atoms in total. The number of rotatable bonds is 6. The van der Waals surface area contributed by atoms with Gasteiger partial charge in [-0.05, 0) is 19.1 Å². The van der Waals surface area contributed by atoms with Crippen LogP contribution in [0.5, 0.6) is 0 Å². The largest absolute Gasteiger partial charge is 0.411 e. The van der Waals surface area contributed by atoms with E-state index in [1.165, 1.54) is 24.5 Å². The summed E-state index contributed by atoms with van der Waals surface area (Å²) in [5.74, 6) is 0. The van der Waals surface area contributed by atoms with Crippen molar-refractivity contribution < 1.29 is 26.3 Å². The van der Waals surface area contributed by atoms with Crippen molar-refractivity contribution in [2.75, 3.05) is 11.3 Å². The number of aryl methyl sites for hydroxylation is 1. The van der Waals surface area contributed by atoms with Crippen LogP contribution in [0.25, 0.3) is 0 Å². The average Bonchev–Trinajstić information content (AvgIpc) is 2.84. The Morgan fingerprint density at radius 2 is 1.91 bits per heavy atom. The molecule has 1 N–H and O–H groups in total. The Kier molecular flexibility index (Phi) is 4.95. The smallest absolute Gasteiger partial charge is 0.350 e. The first kappa shape index (κ1) is 17.3. The molecule has 10 heteroatoms. The maximum atomic E-state index is 12.1. The standard InChI is InChI=1S/C13H14F3N3O3S/c1-10-2-4-12(5-3-10)23(20,21)18-11-6-17-19(7-11)9-22-8-13(14,15)16/h2-7,18H,8-9H2,1H3. The van der Waals surface area contributed by atoms with E-state index < -0.39 is 29.5 Å². The van der Waals surface area contributed by atoms with Crippen molar-refractivity contribution in [1.29, 1.82) is 0 Å². The van der Waals surface area contributed by atoms with Gasteiger partial charge in [-0.2, -0.15) is 18.3 Å². The summed E-state index contributed by atoms with van der Waals surface area (Å²) < 4.78 is 67.9. The number of alkyl halides is 3. The lowest BCUT2D eigenvalue weighted by Gasteiger charge is -2.07. The summed E-state index contributed by atoms with van der Waals surface area (Å²) in [6.45, 7) is -0.0160. The van der Waals surface area contributed by atoms with E-state index in [0.29, 0.717) is 0 Å². The molecule has 0 atom stereocenters. The highest BCUT2D eigenvalue weighted by molar-refractivity contribution is 7.92. The maximum Gasteiger partial charge on any atom is 0.411 e. The Labute approximate surface area is 130 Å². The highest BCUT2D eigenvalue weighted by atomic mass is 32.2. The van der Waals surface area contributed by atoms with Crippen molar-refractivity contribution in [3.05, 3.63) is 42.2 Å². The number of sulfonamides is 1. The van der Waals surface area contributed by atoms with Crippen molar-refractivity contribution in [1.82, 2.24) is 9.78 Å². The Hall–Kier alpha value is -2.07. The van der Waals surface area contributed by atoms with Crippen LogP contribution in [0.15, 0.2) is 41.6 Å². The molecule has 0 saturated carbocycles. The second kappa shape index (κ2) is 6.59. The van der Waals surface area contributed by atoms with Gasteiger partial charge in [-0.1, -0.05) is 17.7 Å². The lowest BCUT2D eigenvalue weighted by molar-refractivity contribution is -0.182. The Morgan fingerprint density at radius 1 is 1.26 bits per heavy atom. The number of halogens is 3. The third-order valence-electron chi connectivity index (χ3n) is 2.71. The van der Waals surface area contributed by atoms with Crippen LogP contribution >= 0.6 is 0 Å². The van der Waals surface area contributed by atoms with Crippen molar-refractivity contribution >= 4 is 15.7 Å². The molecule has 126 valence electrons. The van der Waals surface area contributed by atoms with Gasteiger partial charge in [0.15, 0.2) is 0 Å². The summed E-state index contributed by atoms with van der Waals surface area (Å²) >= 11 is 0. The van der Waals surface area contributed by atoms with E-state index in [1.807, 2.05) is 6.92 Å². The minimum absolute atomic E-state index is 0.0733. The molecule has 2 aromatic rings. The number of hydrogen-bond donors (Lipinski definition) is 1. The average molecular weight is 349 g/mol. The zero-order valence-electron chi connectivity index (χ0n) is 12.0. The molecule has 0 fully saturated rings. The van der Waals surface area contributed by atoms with Gasteiger partial charge >= 0.3 is 6.18 Å². The van der Waals surface area contributed by atoms with E-state index in [1.54, 1.807) is 12.1 Å². The highest BCUT2D eigenvalue weighted by Crippen LogP contribution is 2.17. The summed E-state index contributed by atoms with van der Waals surface area (Å²) in [4.78, 5) is 0.0733. The summed E-state index contributed by atoms with van der Waals surface area (Å²) in [5, 5.41) is 3.73. The van der Waals surface area contributed by atoms with E-state index >= 15 is 0 Å². The molecule has 2 rings (SSSR count). The predicted octanol–water partition coefficient (Wildman–Crippen LogP) is 2.53. The molecule has 1 heterocycles. The Morgan fingerprint density at radius 3 is 2.52 bits per heavy atom. The van der Waals surface area contributed by atoms with E-state index in [-0.39, 0.29) is 10.6 Å². The Balaban J connectivity index is 1.99. The van der Waals surface area contributed by atoms with Crippen LogP contribution in [0.4, 0.5) is 18.9 Å². The molecule has 0 aliphatic heterocycles. The minimum atomic E-state index is -4.43. The van der Waals surface area contributed by atoms with Crippen LogP contribution in [0.3, 0.4) is 0 Å². The molecule has 23 heavy (non-hydrogen) atoms. The molecule has 0 saturated heterocycles. The van der Waals surface area contributed by atoms with Gasteiger partial charge < -0.3 is 4.74 Å². The second-order valence-corrected chi connectivity index (χ2v) is 6.46. The number of nitrogens with one attached hydrogen (secondary N) is 1. The van der Waals surface area contributed by atoms with Gasteiger partial charge in [0.25, 0.3) is 10.0 Å². The molecule has 0 amide bonds. The first-order valence-corrected chi connectivity index (χ1v) is 7.90. The monoisotopic (exact) mass is 349 g/mol. The fourth-order valence-corrected chi connectivity index (χ4v) is 2.70. The first-order chi connectivity index (χ1) is 10.7. The summed E-state index contributed by atoms with van der Waals surface area (Å²) in [7, 11) is -3.78. The van der Waals surface area contributed by atoms with Gasteiger partial charge in [0.1, 0.15) is 13.3 Å². The molecule has 1 aromatic carbocycles. The first-order valence-electron chi connectivity index (χ1n) is 6.42. The third-order valence-corrected chi connectivity index (χ3v) is 4.10. The molecule has 1 aromatic heterocycles. The van der Waals surface area contributed by atoms with Crippen molar-refractivity contribution in [2.24, 2.45) is 0 Å². The van der Waals surface area contributed by atoms with Crippen LogP contribution in [0.2, 0.25) is 0 Å². The summed E-state index contributed by atoms with van der Waals surface area (Å²) in [5.41, 5.74) is 1.04. The van der Waals surface area contributed by atoms with E-state index in [4.69, 9.17) is 0 Å². The second-order valence-electron chi connectivity index (χ2n) is 4.78. The highest BCUT2D eigenvalue weighted by Gasteiger charge is 2.27. The molecule has 0 bridgehead atoms. The number of hydrogen-bond acceptors (Lipinski definition) is 4. The fourth-order valence-electron chi connectivity index (χ4n) is 1.67. The number of aromatic nitrogens is 2. The van der Waals surface area contributed by atoms with Crippen molar-refractivity contribution in [2.45, 2.75) is 24.7 Å². The van der Waals surface area contributed by atoms with Gasteiger partial charge in [-0.3, -0.25) is 4.72 Å². The van der Waals surface area contributed by atoms with Crippen LogP contribution in [-0.2, 0) is 21.5 Å². The Bertz CT molecular complexity index is 755. The number of benzene rings is 1. The van der Waals surface area contributed by atoms with Gasteiger partial charge in [-0.15, -0.1) is 0 Å². The maximum absolute atomic E-state index is 12.1. The van der Waals surface area contributed by atoms with Crippen molar-refractivity contribution in [3.8, 4) is 0 Å². The van der Waals surface area contributed by atoms with Crippen molar-refractivity contribution in [3.63, 3.8) is 0 Å². The minimum Gasteiger partial charge on any atom is -0.350 e. The molecule has 0 unspecified atom stereocenters. The normalized spacial score (nSPS) is 12.3. The van der Waals surface area contributed by atoms with E-state index in [2.05, 4.69) is 14.6 Å². The lowest BCUT2D eigenvalue weighted by Crippen LogP contribution is -2.18. The molecular weight excluding hydrogens is 335 g/mol. The molecular formula is C13H14F3N3O3S. The fraction of sp³-hybridized carbons (Fsp3) is 0.308. The third kappa shape index (κ3) is 5.25. The number of nitrogens with zero attached hydrogens (tertiary/aromatic N) is 2. The zero-order chi connectivity index (χ0) is 17.1. The molecule has 0 spiro atoms. The zero-order valence-corrected chi connectivity index (χ0v) is 12.9. The number of ether oxygens (including phenoxy) is 1. The van der Waals surface area contributed by atoms with E-state index in [9.17, 15) is 21.6 Å². The van der Waals surface area contributed by atoms with Gasteiger partial charge in [-0.25, -0.2) is 13.1 Å². The predicted molar refractivity (Wildman–Crippen MR) is 76.2 cm³/mol. The molecule has 0 aliphatic rings. The van der Waals surface area contributed by atoms with Crippen LogP contribution in [0, 0.1) is 6.92 Å². The van der Waals surface area contributed by atoms with Gasteiger partial charge in [0.05, 0.1) is 23.0 Å². The number of anilines is 1. The quantitative estimate of drug-likeness (QED) is 0.870. The van der Waals surface area contributed by atoms with Crippen LogP contribution in [0.1, 0.15) is 5.56 Å². The van der Waals surface area contributed by atoms with Crippen LogP contribution in [-0.4, -0.2) is 31.0 Å². The molecule has 0 radical (unpaired) electrons. The summed E-state index contributed by atoms with van der Waals surface area (Å²) in [6, 6.07) is 6.22. The topological polar surface area (TPSA) is 73.2 Å². The van der Waals surface area contributed by atoms with Crippen LogP contribution < -0.4 is 4.72 Å². The van der Waals surface area contributed by atoms with Gasteiger partial charge in [0, 0.05) is 0 Å². The summed E-state index contributed by atoms with van der Waals surface area (Å²) in [6.07, 6.45) is -2.01. The van der Waals surface area contributed by atoms with Gasteiger partial charge in [0.2, 0.25) is 0 Å². The molecule has 0 aliphatic carbocycles. The van der Waals surface area contributed by atoms with E-state index in [0.717, 1.165) is 10.2 Å². The lowest BCUT2D eigenvalue weighted by atomic mass is 10.2.